The molecule has 1 saturated heterocycles. The maximum absolute atomic E-state index is 14.5. The van der Waals surface area contributed by atoms with Crippen molar-refractivity contribution >= 4 is 32.9 Å². The molecule has 0 saturated carbocycles. The second-order valence-corrected chi connectivity index (χ2v) is 7.64. The average molecular weight is 445 g/mol. The van der Waals surface area contributed by atoms with E-state index in [1.54, 1.807) is 24.4 Å². The van der Waals surface area contributed by atoms with Gasteiger partial charge in [-0.2, -0.15) is 0 Å². The number of nitrogens with zero attached hydrogens (tertiary/aromatic N) is 2. The summed E-state index contributed by atoms with van der Waals surface area (Å²) in [6.45, 7) is 0.913. The predicted octanol–water partition coefficient (Wildman–Crippen LogP) is 5.32. The second-order valence-electron chi connectivity index (χ2n) is 6.72. The molecule has 144 valence electrons. The summed E-state index contributed by atoms with van der Waals surface area (Å²) in [6.07, 6.45) is 1.97. The number of halogens is 2. The Balaban J connectivity index is 1.65. The first-order chi connectivity index (χ1) is 13.5. The molecule has 4 rings (SSSR count). The monoisotopic (exact) mass is 444 g/mol. The SMILES string of the molecule is O=C(O)N1CCC(Oc2ccnc3c(-c4ccc(Br)cc4F)cccc23)CC1. The van der Waals surface area contributed by atoms with Crippen LogP contribution in [-0.2, 0) is 0 Å². The number of fused-ring (bicyclic) bond motifs is 1. The fourth-order valence-corrected chi connectivity index (χ4v) is 3.86. The fraction of sp³-hybridized carbons (Fsp3) is 0.238. The number of carbonyl (C=O) groups is 1. The van der Waals surface area contributed by atoms with Crippen LogP contribution in [0.25, 0.3) is 22.0 Å². The third-order valence-corrected chi connectivity index (χ3v) is 5.45. The van der Waals surface area contributed by atoms with E-state index >= 15 is 0 Å². The van der Waals surface area contributed by atoms with Crippen LogP contribution in [0.2, 0.25) is 0 Å². The van der Waals surface area contributed by atoms with Gasteiger partial charge in [-0.15, -0.1) is 0 Å². The third-order valence-electron chi connectivity index (χ3n) is 4.96. The maximum Gasteiger partial charge on any atom is 0.407 e. The molecule has 0 unspecified atom stereocenters. The minimum absolute atomic E-state index is 0.0609. The zero-order valence-electron chi connectivity index (χ0n) is 14.9. The van der Waals surface area contributed by atoms with Gasteiger partial charge in [-0.1, -0.05) is 34.1 Å². The number of hydrogen-bond donors (Lipinski definition) is 1. The van der Waals surface area contributed by atoms with Gasteiger partial charge in [-0.05, 0) is 24.3 Å². The van der Waals surface area contributed by atoms with Crippen molar-refractivity contribution in [2.24, 2.45) is 0 Å². The van der Waals surface area contributed by atoms with Crippen LogP contribution >= 0.6 is 15.9 Å². The molecule has 5 nitrogen and oxygen atoms in total. The van der Waals surface area contributed by atoms with E-state index in [1.165, 1.54) is 11.0 Å². The fourth-order valence-electron chi connectivity index (χ4n) is 3.52. The van der Waals surface area contributed by atoms with E-state index in [1.807, 2.05) is 18.2 Å². The van der Waals surface area contributed by atoms with Crippen LogP contribution in [0.4, 0.5) is 9.18 Å². The topological polar surface area (TPSA) is 62.7 Å². The summed E-state index contributed by atoms with van der Waals surface area (Å²) in [4.78, 5) is 16.9. The normalized spacial score (nSPS) is 15.0. The predicted molar refractivity (Wildman–Crippen MR) is 108 cm³/mol. The first-order valence-electron chi connectivity index (χ1n) is 9.00. The van der Waals surface area contributed by atoms with Gasteiger partial charge < -0.3 is 14.7 Å². The molecule has 0 radical (unpaired) electrons. The van der Waals surface area contributed by atoms with Gasteiger partial charge in [0.05, 0.1) is 5.52 Å². The first kappa shape index (κ1) is 18.7. The number of para-hydroxylation sites is 1. The Bertz CT molecular complexity index is 1040. The molecular formula is C21H18BrFN2O3. The molecule has 0 aliphatic carbocycles. The Morgan fingerprint density at radius 1 is 1.18 bits per heavy atom. The number of piperidine rings is 1. The number of benzene rings is 2. The van der Waals surface area contributed by atoms with Gasteiger partial charge in [0.25, 0.3) is 0 Å². The van der Waals surface area contributed by atoms with Crippen LogP contribution in [0, 0.1) is 5.82 Å². The van der Waals surface area contributed by atoms with Gasteiger partial charge in [-0.3, -0.25) is 4.98 Å². The largest absolute Gasteiger partial charge is 0.490 e. The summed E-state index contributed by atoms with van der Waals surface area (Å²) in [5, 5.41) is 9.89. The summed E-state index contributed by atoms with van der Waals surface area (Å²) in [6, 6.07) is 12.4. The van der Waals surface area contributed by atoms with Crippen molar-refractivity contribution in [1.29, 1.82) is 0 Å². The lowest BCUT2D eigenvalue weighted by atomic mass is 10.0. The average Bonchev–Trinajstić information content (AvgIpc) is 2.68. The van der Waals surface area contributed by atoms with Crippen LogP contribution in [-0.4, -0.2) is 40.3 Å². The van der Waals surface area contributed by atoms with Crippen LogP contribution in [0.5, 0.6) is 5.75 Å². The molecule has 0 bridgehead atoms. The first-order valence-corrected chi connectivity index (χ1v) is 9.80. The summed E-state index contributed by atoms with van der Waals surface area (Å²) in [7, 11) is 0. The molecule has 1 amide bonds. The Morgan fingerprint density at radius 2 is 1.96 bits per heavy atom. The van der Waals surface area contributed by atoms with Crippen molar-refractivity contribution in [3.63, 3.8) is 0 Å². The van der Waals surface area contributed by atoms with E-state index in [0.717, 1.165) is 5.39 Å². The van der Waals surface area contributed by atoms with Gasteiger partial charge >= 0.3 is 6.09 Å². The van der Waals surface area contributed by atoms with Crippen molar-refractivity contribution in [3.05, 3.63) is 59.0 Å². The lowest BCUT2D eigenvalue weighted by molar-refractivity contribution is 0.0902. The standard InChI is InChI=1S/C21H18BrFN2O3/c22-13-4-5-15(18(23)12-13)16-2-1-3-17-19(6-9-24-20(16)17)28-14-7-10-25(11-8-14)21(26)27/h1-6,9,12,14H,7-8,10-11H2,(H,26,27). The number of hydrogen-bond acceptors (Lipinski definition) is 3. The molecule has 7 heteroatoms. The smallest absolute Gasteiger partial charge is 0.407 e. The van der Waals surface area contributed by atoms with Gasteiger partial charge in [0, 0.05) is 53.1 Å². The Labute approximate surface area is 169 Å². The highest BCUT2D eigenvalue weighted by molar-refractivity contribution is 9.10. The molecule has 1 N–H and O–H groups in total. The van der Waals surface area contributed by atoms with E-state index in [0.29, 0.717) is 52.8 Å². The highest BCUT2D eigenvalue weighted by Gasteiger charge is 2.24. The van der Waals surface area contributed by atoms with Crippen LogP contribution in [0.1, 0.15) is 12.8 Å². The van der Waals surface area contributed by atoms with E-state index in [2.05, 4.69) is 20.9 Å². The van der Waals surface area contributed by atoms with E-state index in [4.69, 9.17) is 9.84 Å². The van der Waals surface area contributed by atoms with Crippen molar-refractivity contribution < 1.29 is 19.0 Å². The molecule has 1 aromatic heterocycles. The molecule has 28 heavy (non-hydrogen) atoms. The molecule has 0 atom stereocenters. The van der Waals surface area contributed by atoms with E-state index in [9.17, 15) is 9.18 Å². The van der Waals surface area contributed by atoms with E-state index < -0.39 is 6.09 Å². The third kappa shape index (κ3) is 3.67. The molecule has 1 aliphatic heterocycles. The number of likely N-dealkylation sites (tertiary alicyclic amines) is 1. The van der Waals surface area contributed by atoms with E-state index in [-0.39, 0.29) is 11.9 Å². The lowest BCUT2D eigenvalue weighted by Gasteiger charge is -2.30. The molecular weight excluding hydrogens is 427 g/mol. The molecule has 1 aliphatic rings. The van der Waals surface area contributed by atoms with Crippen LogP contribution in [0.3, 0.4) is 0 Å². The highest BCUT2D eigenvalue weighted by atomic mass is 79.9. The minimum atomic E-state index is -0.894. The molecule has 3 aromatic rings. The molecule has 1 fully saturated rings. The number of carboxylic acid groups (broad SMARTS) is 1. The van der Waals surface area contributed by atoms with Crippen molar-refractivity contribution in [2.45, 2.75) is 18.9 Å². The second kappa shape index (κ2) is 7.75. The molecule has 2 heterocycles. The maximum atomic E-state index is 14.5. The molecule has 2 aromatic carbocycles. The van der Waals surface area contributed by atoms with Gasteiger partial charge in [0.15, 0.2) is 0 Å². The lowest BCUT2D eigenvalue weighted by Crippen LogP contribution is -2.41. The van der Waals surface area contributed by atoms with Crippen molar-refractivity contribution in [2.75, 3.05) is 13.1 Å². The van der Waals surface area contributed by atoms with Crippen molar-refractivity contribution in [3.8, 4) is 16.9 Å². The number of ether oxygens (including phenoxy) is 1. The number of amides is 1. The number of pyridine rings is 1. The Kier molecular flexibility index (Phi) is 5.17. The zero-order valence-corrected chi connectivity index (χ0v) is 16.5. The van der Waals surface area contributed by atoms with Gasteiger partial charge in [0.1, 0.15) is 17.7 Å². The van der Waals surface area contributed by atoms with Gasteiger partial charge in [0.2, 0.25) is 0 Å². The summed E-state index contributed by atoms with van der Waals surface area (Å²) in [5.74, 6) is 0.356. The highest BCUT2D eigenvalue weighted by Crippen LogP contribution is 2.35. The van der Waals surface area contributed by atoms with Crippen LogP contribution < -0.4 is 4.74 Å². The molecule has 0 spiro atoms. The summed E-state index contributed by atoms with van der Waals surface area (Å²) >= 11 is 3.28. The minimum Gasteiger partial charge on any atom is -0.490 e. The van der Waals surface area contributed by atoms with Crippen molar-refractivity contribution in [1.82, 2.24) is 9.88 Å². The van der Waals surface area contributed by atoms with Gasteiger partial charge in [-0.25, -0.2) is 9.18 Å². The summed E-state index contributed by atoms with van der Waals surface area (Å²) < 4.78 is 21.4. The number of aromatic nitrogens is 1. The van der Waals surface area contributed by atoms with Crippen LogP contribution in [0.15, 0.2) is 53.1 Å². The Morgan fingerprint density at radius 3 is 2.68 bits per heavy atom. The number of rotatable bonds is 3. The summed E-state index contributed by atoms with van der Waals surface area (Å²) in [5.41, 5.74) is 1.85. The quantitative estimate of drug-likeness (QED) is 0.593. The zero-order chi connectivity index (χ0) is 19.7. The Hall–Kier alpha value is -2.67.